The summed E-state index contributed by atoms with van der Waals surface area (Å²) in [4.78, 5) is 39.7. The topological polar surface area (TPSA) is 182 Å². The molecule has 1 aromatic rings. The molecule has 1 fully saturated rings. The highest BCUT2D eigenvalue weighted by Gasteiger charge is 2.69. The zero-order chi connectivity index (χ0) is 23.9. The van der Waals surface area contributed by atoms with E-state index in [4.69, 9.17) is 5.73 Å². The number of fused-ring (bicyclic) bond motifs is 3. The summed E-state index contributed by atoms with van der Waals surface area (Å²) in [6.07, 6.45) is -3.68. The van der Waals surface area contributed by atoms with Gasteiger partial charge < -0.3 is 31.3 Å². The molecule has 0 spiro atoms. The molecule has 1 amide bonds. The number of aromatic hydroxyl groups is 1. The van der Waals surface area contributed by atoms with Crippen molar-refractivity contribution in [3.8, 4) is 5.75 Å². The largest absolute Gasteiger partial charge is 0.508 e. The second kappa shape index (κ2) is 6.97. The second-order valence-corrected chi connectivity index (χ2v) is 8.79. The van der Waals surface area contributed by atoms with Crippen LogP contribution in [0.5, 0.6) is 5.75 Å². The van der Waals surface area contributed by atoms with Crippen molar-refractivity contribution in [3.63, 3.8) is 0 Å². The van der Waals surface area contributed by atoms with Crippen LogP contribution in [0.2, 0.25) is 0 Å². The van der Waals surface area contributed by atoms with E-state index in [-0.39, 0.29) is 22.4 Å². The fourth-order valence-electron chi connectivity index (χ4n) is 5.65. The van der Waals surface area contributed by atoms with Crippen LogP contribution in [0, 0.1) is 17.8 Å². The third-order valence-electron chi connectivity index (χ3n) is 7.04. The molecule has 7 N–H and O–H groups in total. The number of carbonyl (C=O) groups is 3. The van der Waals surface area contributed by atoms with Gasteiger partial charge in [0, 0.05) is 11.8 Å². The standard InChI is InChI=1S/C22H24N2O8/c1-7-8-5-4-6-9(25)11(8)16(26)12-10(7)17(27)14-15(24(2)3)18(28)13(21(23)31)20(30)22(14,32)19(12)29/h4-6,10,12,14-15,17,19,25,27,29-30,32H,1H2,2-3H3,(H2,23,31)/t10-,12?,14-,15+,17+,19?,22+/m1/s1. The lowest BCUT2D eigenvalue weighted by molar-refractivity contribution is -0.211. The van der Waals surface area contributed by atoms with Crippen molar-refractivity contribution in [2.75, 3.05) is 14.1 Å². The summed E-state index contributed by atoms with van der Waals surface area (Å²) < 4.78 is 0. The van der Waals surface area contributed by atoms with Gasteiger partial charge in [-0.1, -0.05) is 18.7 Å². The fraction of sp³-hybridized carbons (Fsp3) is 0.409. The van der Waals surface area contributed by atoms with Crippen LogP contribution >= 0.6 is 0 Å². The predicted octanol–water partition coefficient (Wildman–Crippen LogP) is -1.27. The Hall–Kier alpha value is -3.05. The molecule has 1 aromatic carbocycles. The Kier molecular flexibility index (Phi) is 4.83. The van der Waals surface area contributed by atoms with Crippen LogP contribution in [0.25, 0.3) is 5.57 Å². The van der Waals surface area contributed by atoms with E-state index >= 15 is 0 Å². The lowest BCUT2D eigenvalue weighted by atomic mass is 9.51. The number of phenolic OH excluding ortho intramolecular Hbond substituents is 1. The van der Waals surface area contributed by atoms with E-state index in [9.17, 15) is 39.9 Å². The zero-order valence-electron chi connectivity index (χ0n) is 17.4. The number of rotatable bonds is 2. The Morgan fingerprint density at radius 3 is 2.31 bits per heavy atom. The minimum absolute atomic E-state index is 0.137. The molecule has 10 nitrogen and oxygen atoms in total. The number of benzene rings is 1. The average molecular weight is 444 g/mol. The number of phenols is 1. The summed E-state index contributed by atoms with van der Waals surface area (Å²) in [7, 11) is 2.92. The summed E-state index contributed by atoms with van der Waals surface area (Å²) in [5.74, 6) is -8.76. The quantitative estimate of drug-likeness (QED) is 0.303. The van der Waals surface area contributed by atoms with Crippen LogP contribution in [0.15, 0.2) is 36.1 Å². The lowest BCUT2D eigenvalue weighted by Gasteiger charge is -2.57. The number of ketones is 2. The van der Waals surface area contributed by atoms with Gasteiger partial charge in [0.15, 0.2) is 17.2 Å². The third kappa shape index (κ3) is 2.51. The van der Waals surface area contributed by atoms with Crippen LogP contribution < -0.4 is 5.73 Å². The van der Waals surface area contributed by atoms with E-state index in [2.05, 4.69) is 6.58 Å². The first-order valence-electron chi connectivity index (χ1n) is 9.95. The van der Waals surface area contributed by atoms with Crippen molar-refractivity contribution >= 4 is 23.0 Å². The minimum Gasteiger partial charge on any atom is -0.508 e. The van der Waals surface area contributed by atoms with E-state index in [0.29, 0.717) is 0 Å². The number of amides is 1. The maximum absolute atomic E-state index is 13.3. The summed E-state index contributed by atoms with van der Waals surface area (Å²) in [6.45, 7) is 3.95. The molecule has 0 bridgehead atoms. The molecule has 0 aliphatic heterocycles. The van der Waals surface area contributed by atoms with Gasteiger partial charge in [-0.25, -0.2) is 0 Å². The average Bonchev–Trinajstić information content (AvgIpc) is 2.70. The van der Waals surface area contributed by atoms with Gasteiger partial charge in [0.2, 0.25) is 0 Å². The maximum atomic E-state index is 13.3. The Labute approximate surface area is 182 Å². The molecular formula is C22H24N2O8. The highest BCUT2D eigenvalue weighted by atomic mass is 16.4. The number of hydrogen-bond acceptors (Lipinski definition) is 9. The van der Waals surface area contributed by atoms with Crippen molar-refractivity contribution in [1.82, 2.24) is 4.90 Å². The Morgan fingerprint density at radius 1 is 1.12 bits per heavy atom. The molecular weight excluding hydrogens is 420 g/mol. The molecule has 7 atom stereocenters. The van der Waals surface area contributed by atoms with Crippen LogP contribution in [0.1, 0.15) is 15.9 Å². The Bertz CT molecular complexity index is 1110. The van der Waals surface area contributed by atoms with Crippen molar-refractivity contribution < 1.29 is 39.9 Å². The van der Waals surface area contributed by atoms with Gasteiger partial charge in [-0.2, -0.15) is 0 Å². The molecule has 10 heteroatoms. The Morgan fingerprint density at radius 2 is 1.75 bits per heavy atom. The predicted molar refractivity (Wildman–Crippen MR) is 110 cm³/mol. The number of nitrogens with zero attached hydrogens (tertiary/aromatic N) is 1. The summed E-state index contributed by atoms with van der Waals surface area (Å²) in [5.41, 5.74) is 1.98. The molecule has 0 aromatic heterocycles. The molecule has 2 unspecified atom stereocenters. The van der Waals surface area contributed by atoms with Gasteiger partial charge in [-0.3, -0.25) is 19.3 Å². The number of likely N-dealkylation sites (N-methyl/N-ethyl adjacent to an activating group) is 1. The number of carbonyl (C=O) groups excluding carboxylic acids is 3. The first kappa shape index (κ1) is 22.2. The molecule has 3 aliphatic carbocycles. The monoisotopic (exact) mass is 444 g/mol. The van der Waals surface area contributed by atoms with Crippen LogP contribution in [-0.2, 0) is 9.59 Å². The molecule has 0 saturated heterocycles. The van der Waals surface area contributed by atoms with Crippen molar-refractivity contribution in [3.05, 3.63) is 47.2 Å². The number of primary amides is 1. The number of aliphatic hydroxyl groups is 4. The summed E-state index contributed by atoms with van der Waals surface area (Å²) in [5, 5.41) is 55.2. The van der Waals surface area contributed by atoms with E-state index in [1.807, 2.05) is 0 Å². The first-order valence-corrected chi connectivity index (χ1v) is 9.95. The van der Waals surface area contributed by atoms with Crippen molar-refractivity contribution in [2.24, 2.45) is 23.5 Å². The van der Waals surface area contributed by atoms with Crippen LogP contribution in [-0.4, -0.2) is 85.9 Å². The number of nitrogens with two attached hydrogens (primary N) is 1. The maximum Gasteiger partial charge on any atom is 0.255 e. The zero-order valence-corrected chi connectivity index (χ0v) is 17.4. The summed E-state index contributed by atoms with van der Waals surface area (Å²) >= 11 is 0. The van der Waals surface area contributed by atoms with Crippen molar-refractivity contribution in [1.29, 1.82) is 0 Å². The van der Waals surface area contributed by atoms with E-state index in [0.717, 1.165) is 0 Å². The minimum atomic E-state index is -2.74. The van der Waals surface area contributed by atoms with Crippen molar-refractivity contribution in [2.45, 2.75) is 23.9 Å². The molecule has 0 radical (unpaired) electrons. The van der Waals surface area contributed by atoms with Gasteiger partial charge in [-0.15, -0.1) is 0 Å². The first-order chi connectivity index (χ1) is 14.9. The molecule has 32 heavy (non-hydrogen) atoms. The van der Waals surface area contributed by atoms with Crippen LogP contribution in [0.4, 0.5) is 0 Å². The van der Waals surface area contributed by atoms with Crippen LogP contribution in [0.3, 0.4) is 0 Å². The smallest absolute Gasteiger partial charge is 0.255 e. The number of hydrogen-bond donors (Lipinski definition) is 6. The molecule has 1 saturated carbocycles. The molecule has 4 rings (SSSR count). The van der Waals surface area contributed by atoms with Gasteiger partial charge >= 0.3 is 0 Å². The molecule has 170 valence electrons. The van der Waals surface area contributed by atoms with Gasteiger partial charge in [0.05, 0.1) is 23.6 Å². The van der Waals surface area contributed by atoms with Gasteiger partial charge in [0.1, 0.15) is 23.2 Å². The SMILES string of the molecule is C=C1c2cccc(O)c2C(=O)C2C(O)[C@]3(O)C(O)=C(C(N)=O)C(=O)[C@@H](N(C)C)[C@@H]3[C@@H](O)[C@H]12. The van der Waals surface area contributed by atoms with Gasteiger partial charge in [0.25, 0.3) is 5.91 Å². The number of Topliss-reactive ketones (excluding diaryl/α,β-unsaturated/α-hetero) is 2. The molecule has 3 aliphatic rings. The second-order valence-electron chi connectivity index (χ2n) is 8.79. The summed E-state index contributed by atoms with van der Waals surface area (Å²) in [6, 6.07) is 2.95. The van der Waals surface area contributed by atoms with E-state index in [1.165, 1.54) is 37.2 Å². The Balaban J connectivity index is 2.01. The highest BCUT2D eigenvalue weighted by molar-refractivity contribution is 6.22. The highest BCUT2D eigenvalue weighted by Crippen LogP contribution is 2.56. The number of aliphatic hydroxyl groups excluding tert-OH is 3. The lowest BCUT2D eigenvalue weighted by Crippen LogP contribution is -2.73. The normalized spacial score (nSPS) is 36.6. The van der Waals surface area contributed by atoms with Gasteiger partial charge in [-0.05, 0) is 31.3 Å². The van der Waals surface area contributed by atoms with E-state index in [1.54, 1.807) is 0 Å². The van der Waals surface area contributed by atoms with E-state index < -0.39 is 70.4 Å². The molecule has 0 heterocycles. The fourth-order valence-corrected chi connectivity index (χ4v) is 5.65. The third-order valence-corrected chi connectivity index (χ3v) is 7.04.